The molecule has 6 nitrogen and oxygen atoms in total. The topological polar surface area (TPSA) is 76.9 Å². The van der Waals surface area contributed by atoms with Crippen LogP contribution in [-0.2, 0) is 11.3 Å². The highest BCUT2D eigenvalue weighted by atomic mass is 35.5. The third-order valence-corrected chi connectivity index (χ3v) is 3.33. The summed E-state index contributed by atoms with van der Waals surface area (Å²) in [6.07, 6.45) is 1.92. The molecule has 0 aliphatic carbocycles. The lowest BCUT2D eigenvalue weighted by Gasteiger charge is -2.10. The second-order valence-corrected chi connectivity index (χ2v) is 4.85. The zero-order valence-corrected chi connectivity index (χ0v) is 11.9. The molecular weight excluding hydrogens is 303 g/mol. The van der Waals surface area contributed by atoms with Crippen molar-refractivity contribution in [2.24, 2.45) is 0 Å². The maximum Gasteiger partial charge on any atom is 0.246 e. The van der Waals surface area contributed by atoms with Gasteiger partial charge >= 0.3 is 0 Å². The fraction of sp³-hybridized carbons (Fsp3) is 0.167. The van der Waals surface area contributed by atoms with E-state index in [9.17, 15) is 9.59 Å². The minimum Gasteiger partial charge on any atom is -0.322 e. The van der Waals surface area contributed by atoms with Crippen LogP contribution in [0.1, 0.15) is 16.1 Å². The molecule has 0 radical (unpaired) electrons. The van der Waals surface area contributed by atoms with Gasteiger partial charge in [-0.05, 0) is 18.6 Å². The third kappa shape index (κ3) is 3.15. The lowest BCUT2D eigenvalue weighted by molar-refractivity contribution is -0.116. The number of aldehydes is 1. The zero-order valence-electron chi connectivity index (χ0n) is 10.4. The number of anilines is 1. The second-order valence-electron chi connectivity index (χ2n) is 4.06. The van der Waals surface area contributed by atoms with Crippen molar-refractivity contribution in [2.75, 3.05) is 5.32 Å². The van der Waals surface area contributed by atoms with Crippen LogP contribution in [0.5, 0.6) is 0 Å². The van der Waals surface area contributed by atoms with Crippen LogP contribution < -0.4 is 5.32 Å². The molecule has 0 aliphatic rings. The summed E-state index contributed by atoms with van der Waals surface area (Å²) in [5.41, 5.74) is 1.31. The van der Waals surface area contributed by atoms with Crippen LogP contribution in [0.15, 0.2) is 18.3 Å². The van der Waals surface area contributed by atoms with E-state index >= 15 is 0 Å². The smallest absolute Gasteiger partial charge is 0.246 e. The number of carbonyl (C=O) groups is 2. The van der Waals surface area contributed by atoms with Gasteiger partial charge in [-0.1, -0.05) is 34.5 Å². The standard InChI is InChI=1S/C12H10Cl2N4O2/c1-7-2-3-9(13)12(11(7)14)15-10(20)5-18-4-8(6-19)16-17-18/h2-4,6H,5H2,1H3,(H,15,20). The van der Waals surface area contributed by atoms with Crippen LogP contribution in [0.4, 0.5) is 5.69 Å². The molecule has 8 heteroatoms. The van der Waals surface area contributed by atoms with Crippen LogP contribution >= 0.6 is 23.2 Å². The highest BCUT2D eigenvalue weighted by Gasteiger charge is 2.12. The molecule has 0 bridgehead atoms. The van der Waals surface area contributed by atoms with Gasteiger partial charge < -0.3 is 5.32 Å². The van der Waals surface area contributed by atoms with E-state index in [1.165, 1.54) is 10.9 Å². The Bertz CT molecular complexity index is 669. The summed E-state index contributed by atoms with van der Waals surface area (Å²) in [5, 5.41) is 10.5. The van der Waals surface area contributed by atoms with Crippen molar-refractivity contribution in [3.8, 4) is 0 Å². The number of halogens is 2. The number of aromatic nitrogens is 3. The van der Waals surface area contributed by atoms with Gasteiger partial charge in [0.05, 0.1) is 21.9 Å². The van der Waals surface area contributed by atoms with Crippen molar-refractivity contribution in [3.63, 3.8) is 0 Å². The number of nitrogens with one attached hydrogen (secondary N) is 1. The molecule has 0 saturated heterocycles. The lowest BCUT2D eigenvalue weighted by Crippen LogP contribution is -2.19. The largest absolute Gasteiger partial charge is 0.322 e. The Labute approximate surface area is 124 Å². The molecule has 0 unspecified atom stereocenters. The van der Waals surface area contributed by atoms with Gasteiger partial charge in [-0.2, -0.15) is 0 Å². The van der Waals surface area contributed by atoms with Gasteiger partial charge in [0, 0.05) is 0 Å². The van der Waals surface area contributed by atoms with Crippen molar-refractivity contribution in [3.05, 3.63) is 39.6 Å². The Morgan fingerprint density at radius 2 is 2.20 bits per heavy atom. The van der Waals surface area contributed by atoms with E-state index in [4.69, 9.17) is 23.2 Å². The third-order valence-electron chi connectivity index (χ3n) is 2.53. The minimum atomic E-state index is -0.373. The van der Waals surface area contributed by atoms with Crippen LogP contribution in [0.25, 0.3) is 0 Å². The molecule has 1 N–H and O–H groups in total. The van der Waals surface area contributed by atoms with Crippen molar-refractivity contribution in [1.82, 2.24) is 15.0 Å². The van der Waals surface area contributed by atoms with Crippen molar-refractivity contribution in [2.45, 2.75) is 13.5 Å². The molecule has 1 aromatic heterocycles. The summed E-state index contributed by atoms with van der Waals surface area (Å²) in [6.45, 7) is 1.71. The van der Waals surface area contributed by atoms with Gasteiger partial charge in [0.25, 0.3) is 0 Å². The number of hydrogen-bond acceptors (Lipinski definition) is 4. The summed E-state index contributed by atoms with van der Waals surface area (Å²) in [4.78, 5) is 22.4. The van der Waals surface area contributed by atoms with Crippen LogP contribution in [-0.4, -0.2) is 27.2 Å². The van der Waals surface area contributed by atoms with E-state index in [-0.39, 0.29) is 18.1 Å². The number of nitrogens with zero attached hydrogens (tertiary/aromatic N) is 3. The quantitative estimate of drug-likeness (QED) is 0.879. The van der Waals surface area contributed by atoms with Gasteiger partial charge in [0.2, 0.25) is 5.91 Å². The Balaban J connectivity index is 2.12. The van der Waals surface area contributed by atoms with E-state index < -0.39 is 0 Å². The Kier molecular flexibility index (Phi) is 4.36. The summed E-state index contributed by atoms with van der Waals surface area (Å²) in [5.74, 6) is -0.373. The first kappa shape index (κ1) is 14.5. The number of aryl methyl sites for hydroxylation is 1. The molecule has 2 aromatic rings. The fourth-order valence-electron chi connectivity index (χ4n) is 1.54. The molecule has 0 aliphatic heterocycles. The first-order chi connectivity index (χ1) is 9.51. The highest BCUT2D eigenvalue weighted by molar-refractivity contribution is 6.40. The average Bonchev–Trinajstić information content (AvgIpc) is 2.87. The summed E-state index contributed by atoms with van der Waals surface area (Å²) >= 11 is 12.1. The molecule has 0 saturated carbocycles. The second kappa shape index (κ2) is 6.02. The van der Waals surface area contributed by atoms with E-state index in [0.717, 1.165) is 5.56 Å². The first-order valence-corrected chi connectivity index (χ1v) is 6.36. The van der Waals surface area contributed by atoms with Crippen LogP contribution in [0.3, 0.4) is 0 Å². The first-order valence-electron chi connectivity index (χ1n) is 5.61. The predicted molar refractivity (Wildman–Crippen MR) is 75.2 cm³/mol. The molecule has 0 atom stereocenters. The Morgan fingerprint density at radius 1 is 1.45 bits per heavy atom. The van der Waals surface area contributed by atoms with Crippen molar-refractivity contribution >= 4 is 41.1 Å². The van der Waals surface area contributed by atoms with Gasteiger partial charge in [0.15, 0.2) is 6.29 Å². The van der Waals surface area contributed by atoms with Gasteiger partial charge in [-0.3, -0.25) is 9.59 Å². The number of carbonyl (C=O) groups excluding carboxylic acids is 2. The molecule has 1 aromatic carbocycles. The monoisotopic (exact) mass is 312 g/mol. The highest BCUT2D eigenvalue weighted by Crippen LogP contribution is 2.32. The normalized spacial score (nSPS) is 10.3. The molecule has 104 valence electrons. The van der Waals surface area contributed by atoms with Gasteiger partial charge in [-0.25, -0.2) is 4.68 Å². The minimum absolute atomic E-state index is 0.0958. The number of benzene rings is 1. The van der Waals surface area contributed by atoms with Gasteiger partial charge in [0.1, 0.15) is 12.2 Å². The number of amides is 1. The Morgan fingerprint density at radius 3 is 2.85 bits per heavy atom. The zero-order chi connectivity index (χ0) is 14.7. The summed E-state index contributed by atoms with van der Waals surface area (Å²) in [7, 11) is 0. The molecule has 2 rings (SSSR count). The SMILES string of the molecule is Cc1ccc(Cl)c(NC(=O)Cn2cc(C=O)nn2)c1Cl. The fourth-order valence-corrected chi connectivity index (χ4v) is 2.01. The maximum atomic E-state index is 11.9. The van der Waals surface area contributed by atoms with E-state index in [0.29, 0.717) is 22.0 Å². The van der Waals surface area contributed by atoms with Gasteiger partial charge in [-0.15, -0.1) is 5.10 Å². The van der Waals surface area contributed by atoms with Crippen LogP contribution in [0, 0.1) is 6.92 Å². The molecule has 1 amide bonds. The van der Waals surface area contributed by atoms with Crippen molar-refractivity contribution in [1.29, 1.82) is 0 Å². The molecule has 20 heavy (non-hydrogen) atoms. The Hall–Kier alpha value is -1.92. The average molecular weight is 313 g/mol. The van der Waals surface area contributed by atoms with E-state index in [1.54, 1.807) is 12.1 Å². The predicted octanol–water partition coefficient (Wildman–Crippen LogP) is 2.34. The number of hydrogen-bond donors (Lipinski definition) is 1. The van der Waals surface area contributed by atoms with E-state index in [2.05, 4.69) is 15.6 Å². The van der Waals surface area contributed by atoms with Crippen molar-refractivity contribution < 1.29 is 9.59 Å². The number of rotatable bonds is 4. The lowest BCUT2D eigenvalue weighted by atomic mass is 10.2. The molecule has 0 spiro atoms. The summed E-state index contributed by atoms with van der Waals surface area (Å²) in [6, 6.07) is 3.41. The molecule has 1 heterocycles. The van der Waals surface area contributed by atoms with Crippen LogP contribution in [0.2, 0.25) is 10.0 Å². The molecule has 0 fully saturated rings. The molecular formula is C12H10Cl2N4O2. The summed E-state index contributed by atoms with van der Waals surface area (Å²) < 4.78 is 1.25. The van der Waals surface area contributed by atoms with E-state index in [1.807, 2.05) is 6.92 Å². The maximum absolute atomic E-state index is 11.9.